The molecule has 0 aromatic rings. The smallest absolute Gasteiger partial charge is 0.361 e. The van der Waals surface area contributed by atoms with Crippen LogP contribution >= 0.6 is 0 Å². The number of ether oxygens (including phenoxy) is 4. The van der Waals surface area contributed by atoms with E-state index in [1.54, 1.807) is 0 Å². The molecular weight excluding hydrogens is 1030 g/mol. The van der Waals surface area contributed by atoms with Crippen molar-refractivity contribution in [1.82, 2.24) is 0 Å². The normalized spacial score (nSPS) is 12.8. The highest BCUT2D eigenvalue weighted by atomic mass is 16.7. The molecule has 0 spiro atoms. The van der Waals surface area contributed by atoms with Crippen molar-refractivity contribution in [2.24, 2.45) is 0 Å². The second-order valence-electron chi connectivity index (χ2n) is 25.9. The number of hydrogen-bond acceptors (Lipinski definition) is 7. The number of unbranched alkanes of at least 4 members (excludes halogenated alkanes) is 47. The molecule has 0 radical (unpaired) electrons. The third kappa shape index (κ3) is 66.9. The van der Waals surface area contributed by atoms with Gasteiger partial charge in [-0.3, -0.25) is 9.59 Å². The molecule has 0 saturated heterocycles. The van der Waals surface area contributed by atoms with Crippen LogP contribution in [0.25, 0.3) is 0 Å². The number of carbonyl (C=O) groups excluding carboxylic acids is 2. The standard InChI is InChI=1S/C74H139NO8/c1-6-8-10-12-14-16-18-20-22-24-26-28-30-32-34-35-36-37-39-40-42-44-46-48-50-52-54-56-58-60-62-64-71(76)81-68-70(69-82-74(73(78)79)80-67-66-75(3,4)5)83-72(77)65-63-61-59-57-55-53-51-49-47-45-43-41-38-33-31-29-27-25-23-21-19-17-15-13-11-9-7-2/h19,21,25,27,31,33,70,74H,6-18,20,22-24,26,28-30,32,34-69H2,1-5H3/p+1/b21-19-,27-25-,33-31-. The van der Waals surface area contributed by atoms with Crippen LogP contribution in [0.15, 0.2) is 36.5 Å². The van der Waals surface area contributed by atoms with Crippen LogP contribution in [0, 0.1) is 0 Å². The lowest BCUT2D eigenvalue weighted by Crippen LogP contribution is -2.40. The number of aliphatic carboxylic acids is 1. The summed E-state index contributed by atoms with van der Waals surface area (Å²) in [7, 11) is 5.99. The van der Waals surface area contributed by atoms with E-state index in [-0.39, 0.29) is 38.2 Å². The van der Waals surface area contributed by atoms with Gasteiger partial charge in [0.1, 0.15) is 13.2 Å². The first-order valence-electron chi connectivity index (χ1n) is 36.2. The predicted molar refractivity (Wildman–Crippen MR) is 355 cm³/mol. The molecule has 0 aliphatic carbocycles. The molecule has 0 fully saturated rings. The molecule has 2 unspecified atom stereocenters. The minimum Gasteiger partial charge on any atom is -0.477 e. The van der Waals surface area contributed by atoms with Crippen LogP contribution in [-0.2, 0) is 33.3 Å². The average Bonchev–Trinajstić information content (AvgIpc) is 3.46. The quantitative estimate of drug-likeness (QED) is 0.0211. The van der Waals surface area contributed by atoms with Crippen LogP contribution in [0.5, 0.6) is 0 Å². The summed E-state index contributed by atoms with van der Waals surface area (Å²) in [5.74, 6) is -1.98. The van der Waals surface area contributed by atoms with Gasteiger partial charge >= 0.3 is 17.9 Å². The van der Waals surface area contributed by atoms with Crippen molar-refractivity contribution in [2.75, 3.05) is 47.5 Å². The fraction of sp³-hybridized carbons (Fsp3) is 0.878. The van der Waals surface area contributed by atoms with Crippen molar-refractivity contribution in [1.29, 1.82) is 0 Å². The number of carboxylic acid groups (broad SMARTS) is 1. The predicted octanol–water partition coefficient (Wildman–Crippen LogP) is 22.4. The number of allylic oxidation sites excluding steroid dienone is 6. The molecule has 0 aliphatic heterocycles. The molecule has 0 heterocycles. The lowest BCUT2D eigenvalue weighted by Gasteiger charge is -2.25. The van der Waals surface area contributed by atoms with Crippen molar-refractivity contribution in [3.05, 3.63) is 36.5 Å². The summed E-state index contributed by atoms with van der Waals surface area (Å²) in [5.41, 5.74) is 0. The molecule has 488 valence electrons. The summed E-state index contributed by atoms with van der Waals surface area (Å²) in [4.78, 5) is 37.6. The van der Waals surface area contributed by atoms with E-state index in [9.17, 15) is 19.5 Å². The molecule has 0 saturated carbocycles. The first-order valence-corrected chi connectivity index (χ1v) is 36.2. The van der Waals surface area contributed by atoms with Gasteiger partial charge in [-0.05, 0) is 51.4 Å². The zero-order valence-electron chi connectivity index (χ0n) is 55.9. The number of hydrogen-bond donors (Lipinski definition) is 1. The Morgan fingerprint density at radius 2 is 0.651 bits per heavy atom. The topological polar surface area (TPSA) is 108 Å². The Morgan fingerprint density at radius 3 is 0.964 bits per heavy atom. The summed E-state index contributed by atoms with van der Waals surface area (Å²) < 4.78 is 23.0. The highest BCUT2D eigenvalue weighted by Gasteiger charge is 2.25. The SMILES string of the molecule is CCCCCCC/C=C\C/C=C\C/C=C\CCCCCCCCCCCCCCC(=O)OC(COC(=O)CCCCCCCCCCCCCCCCCCCCCCCCCCCCCCCCC)COC(OCC[N+](C)(C)C)C(=O)O. The van der Waals surface area contributed by atoms with Gasteiger partial charge in [-0.25, -0.2) is 4.79 Å². The first kappa shape index (κ1) is 80.5. The molecule has 0 rings (SSSR count). The van der Waals surface area contributed by atoms with E-state index in [4.69, 9.17) is 18.9 Å². The molecule has 0 amide bonds. The van der Waals surface area contributed by atoms with E-state index >= 15 is 0 Å². The maximum atomic E-state index is 12.9. The number of rotatable bonds is 68. The third-order valence-electron chi connectivity index (χ3n) is 16.4. The monoisotopic (exact) mass is 1170 g/mol. The van der Waals surface area contributed by atoms with E-state index in [1.165, 1.54) is 283 Å². The summed E-state index contributed by atoms with van der Waals surface area (Å²) in [6.45, 7) is 4.93. The van der Waals surface area contributed by atoms with Crippen molar-refractivity contribution in [2.45, 2.75) is 373 Å². The Labute approximate surface area is 515 Å². The van der Waals surface area contributed by atoms with Gasteiger partial charge < -0.3 is 28.5 Å². The van der Waals surface area contributed by atoms with Gasteiger partial charge in [0.05, 0.1) is 34.4 Å². The molecule has 9 nitrogen and oxygen atoms in total. The van der Waals surface area contributed by atoms with Crippen molar-refractivity contribution in [3.63, 3.8) is 0 Å². The Morgan fingerprint density at radius 1 is 0.361 bits per heavy atom. The van der Waals surface area contributed by atoms with Gasteiger partial charge in [-0.2, -0.15) is 0 Å². The molecule has 9 heteroatoms. The maximum absolute atomic E-state index is 12.9. The summed E-state index contributed by atoms with van der Waals surface area (Å²) >= 11 is 0. The highest BCUT2D eigenvalue weighted by molar-refractivity contribution is 5.71. The van der Waals surface area contributed by atoms with E-state index in [1.807, 2.05) is 21.1 Å². The Hall–Kier alpha value is -2.49. The Bertz CT molecular complexity index is 1450. The molecule has 83 heavy (non-hydrogen) atoms. The summed E-state index contributed by atoms with van der Waals surface area (Å²) in [5, 5.41) is 9.75. The second-order valence-corrected chi connectivity index (χ2v) is 25.9. The third-order valence-corrected chi connectivity index (χ3v) is 16.4. The van der Waals surface area contributed by atoms with Crippen molar-refractivity contribution < 1.29 is 42.9 Å². The lowest BCUT2D eigenvalue weighted by molar-refractivity contribution is -0.870. The number of esters is 2. The molecule has 0 aromatic heterocycles. The minimum atomic E-state index is -1.51. The number of likely N-dealkylation sites (N-methyl/N-ethyl adjacent to an activating group) is 1. The lowest BCUT2D eigenvalue weighted by atomic mass is 10.0. The average molecular weight is 1170 g/mol. The molecule has 2 atom stereocenters. The van der Waals surface area contributed by atoms with Gasteiger partial charge in [0.2, 0.25) is 0 Å². The zero-order chi connectivity index (χ0) is 60.5. The summed E-state index contributed by atoms with van der Waals surface area (Å²) in [6, 6.07) is 0. The minimum absolute atomic E-state index is 0.178. The van der Waals surface area contributed by atoms with Crippen LogP contribution < -0.4 is 0 Å². The van der Waals surface area contributed by atoms with Crippen LogP contribution in [0.4, 0.5) is 0 Å². The van der Waals surface area contributed by atoms with Gasteiger partial charge in [0, 0.05) is 12.8 Å². The van der Waals surface area contributed by atoms with Crippen LogP contribution in [0.1, 0.15) is 361 Å². The summed E-state index contributed by atoms with van der Waals surface area (Å²) in [6.07, 6.45) is 79.8. The van der Waals surface area contributed by atoms with E-state index in [0.717, 1.165) is 51.4 Å². The van der Waals surface area contributed by atoms with Crippen molar-refractivity contribution in [3.8, 4) is 0 Å². The molecular formula is C74H140NO8+. The van der Waals surface area contributed by atoms with Gasteiger partial charge in [-0.15, -0.1) is 0 Å². The number of carboxylic acids is 1. The zero-order valence-corrected chi connectivity index (χ0v) is 55.9. The second kappa shape index (κ2) is 65.5. The largest absolute Gasteiger partial charge is 0.477 e. The van der Waals surface area contributed by atoms with Crippen LogP contribution in [-0.4, -0.2) is 87.4 Å². The van der Waals surface area contributed by atoms with E-state index in [0.29, 0.717) is 17.4 Å². The fourth-order valence-corrected chi connectivity index (χ4v) is 10.8. The fourth-order valence-electron chi connectivity index (χ4n) is 10.8. The molecule has 0 aliphatic rings. The van der Waals surface area contributed by atoms with Crippen LogP contribution in [0.3, 0.4) is 0 Å². The van der Waals surface area contributed by atoms with Crippen molar-refractivity contribution >= 4 is 17.9 Å². The number of carbonyl (C=O) groups is 3. The maximum Gasteiger partial charge on any atom is 0.361 e. The van der Waals surface area contributed by atoms with Gasteiger partial charge in [-0.1, -0.05) is 333 Å². The molecule has 1 N–H and O–H groups in total. The van der Waals surface area contributed by atoms with E-state index in [2.05, 4.69) is 50.3 Å². The van der Waals surface area contributed by atoms with Gasteiger partial charge in [0.25, 0.3) is 6.29 Å². The van der Waals surface area contributed by atoms with E-state index < -0.39 is 18.4 Å². The number of nitrogens with zero attached hydrogens (tertiary/aromatic N) is 1. The first-order chi connectivity index (χ1) is 40.6. The number of quaternary nitrogens is 1. The highest BCUT2D eigenvalue weighted by Crippen LogP contribution is 2.19. The molecule has 0 bridgehead atoms. The van der Waals surface area contributed by atoms with Gasteiger partial charge in [0.15, 0.2) is 6.10 Å². The Balaban J connectivity index is 4.05. The van der Waals surface area contributed by atoms with Crippen LogP contribution in [0.2, 0.25) is 0 Å². The Kier molecular flexibility index (Phi) is 63.5. The molecule has 0 aromatic carbocycles.